The SMILES string of the molecule is CCOc1cccc2c1O[C@H](c1ccc(OC)cc1)N1N=C(c3ccc(C)o3)C[C@@H]21. The average Bonchev–Trinajstić information content (AvgIpc) is 3.40. The predicted molar refractivity (Wildman–Crippen MR) is 113 cm³/mol. The molecule has 0 unspecified atom stereocenters. The van der Waals surface area contributed by atoms with Gasteiger partial charge in [-0.05, 0) is 56.3 Å². The largest absolute Gasteiger partial charge is 0.497 e. The van der Waals surface area contributed by atoms with Crippen molar-refractivity contribution in [2.45, 2.75) is 32.5 Å². The van der Waals surface area contributed by atoms with Crippen molar-refractivity contribution < 1.29 is 18.6 Å². The summed E-state index contributed by atoms with van der Waals surface area (Å²) in [7, 11) is 1.66. The number of nitrogens with zero attached hydrogens (tertiary/aromatic N) is 2. The highest BCUT2D eigenvalue weighted by Gasteiger charge is 2.42. The Morgan fingerprint density at radius 1 is 1.10 bits per heavy atom. The number of para-hydroxylation sites is 1. The van der Waals surface area contributed by atoms with Gasteiger partial charge in [0.1, 0.15) is 23.0 Å². The molecule has 2 atom stereocenters. The zero-order valence-electron chi connectivity index (χ0n) is 17.3. The molecule has 0 spiro atoms. The summed E-state index contributed by atoms with van der Waals surface area (Å²) < 4.78 is 23.5. The molecule has 2 aromatic carbocycles. The number of hydrogen-bond donors (Lipinski definition) is 0. The highest BCUT2D eigenvalue weighted by atomic mass is 16.5. The molecule has 0 saturated carbocycles. The summed E-state index contributed by atoms with van der Waals surface area (Å²) in [6, 6.07) is 17.9. The van der Waals surface area contributed by atoms with Crippen LogP contribution in [0.25, 0.3) is 0 Å². The molecule has 0 radical (unpaired) electrons. The fourth-order valence-electron chi connectivity index (χ4n) is 4.08. The number of hydrogen-bond acceptors (Lipinski definition) is 6. The lowest BCUT2D eigenvalue weighted by atomic mass is 9.97. The van der Waals surface area contributed by atoms with Gasteiger partial charge in [-0.25, -0.2) is 5.01 Å². The van der Waals surface area contributed by atoms with Gasteiger partial charge in [0.25, 0.3) is 0 Å². The highest BCUT2D eigenvalue weighted by Crippen LogP contribution is 2.50. The number of hydrazone groups is 1. The Labute approximate surface area is 175 Å². The Morgan fingerprint density at radius 2 is 1.93 bits per heavy atom. The normalized spacial score (nSPS) is 19.6. The summed E-state index contributed by atoms with van der Waals surface area (Å²) in [6.45, 7) is 4.50. The maximum absolute atomic E-state index is 6.50. The van der Waals surface area contributed by atoms with Crippen LogP contribution in [0.1, 0.15) is 48.3 Å². The number of methoxy groups -OCH3 is 1. The maximum atomic E-state index is 6.50. The number of ether oxygens (including phenoxy) is 3. The van der Waals surface area contributed by atoms with Crippen LogP contribution in [0.4, 0.5) is 0 Å². The van der Waals surface area contributed by atoms with Gasteiger partial charge in [0.2, 0.25) is 6.23 Å². The molecule has 0 amide bonds. The fraction of sp³-hybridized carbons (Fsp3) is 0.292. The minimum atomic E-state index is -0.372. The molecular weight excluding hydrogens is 380 g/mol. The van der Waals surface area contributed by atoms with E-state index in [1.165, 1.54) is 0 Å². The Kier molecular flexibility index (Phi) is 4.62. The number of fused-ring (bicyclic) bond motifs is 3. The number of furan rings is 1. The van der Waals surface area contributed by atoms with Crippen molar-refractivity contribution in [2.75, 3.05) is 13.7 Å². The second-order valence-electron chi connectivity index (χ2n) is 7.41. The average molecular weight is 404 g/mol. The van der Waals surface area contributed by atoms with Crippen LogP contribution in [-0.2, 0) is 0 Å². The lowest BCUT2D eigenvalue weighted by Crippen LogP contribution is -2.33. The first kappa shape index (κ1) is 18.6. The van der Waals surface area contributed by atoms with Crippen LogP contribution in [0.3, 0.4) is 0 Å². The van der Waals surface area contributed by atoms with Crippen molar-refractivity contribution in [1.82, 2.24) is 5.01 Å². The van der Waals surface area contributed by atoms with E-state index in [4.69, 9.17) is 23.7 Å². The van der Waals surface area contributed by atoms with Crippen LogP contribution >= 0.6 is 0 Å². The topological polar surface area (TPSA) is 56.4 Å². The summed E-state index contributed by atoms with van der Waals surface area (Å²) in [5, 5.41) is 6.96. The van der Waals surface area contributed by atoms with Gasteiger partial charge in [0, 0.05) is 17.5 Å². The van der Waals surface area contributed by atoms with Gasteiger partial charge in [-0.1, -0.05) is 12.1 Å². The summed E-state index contributed by atoms with van der Waals surface area (Å²) in [6.07, 6.45) is 0.370. The van der Waals surface area contributed by atoms with Crippen molar-refractivity contribution in [3.63, 3.8) is 0 Å². The molecule has 5 rings (SSSR count). The first-order valence-corrected chi connectivity index (χ1v) is 10.2. The van der Waals surface area contributed by atoms with Gasteiger partial charge in [-0.2, -0.15) is 5.10 Å². The van der Waals surface area contributed by atoms with Gasteiger partial charge in [0.15, 0.2) is 11.5 Å². The molecule has 6 nitrogen and oxygen atoms in total. The summed E-state index contributed by atoms with van der Waals surface area (Å²) in [5.41, 5.74) is 3.00. The van der Waals surface area contributed by atoms with Crippen LogP contribution in [0.2, 0.25) is 0 Å². The van der Waals surface area contributed by atoms with Gasteiger partial charge >= 0.3 is 0 Å². The van der Waals surface area contributed by atoms with Crippen LogP contribution in [0.5, 0.6) is 17.2 Å². The van der Waals surface area contributed by atoms with E-state index in [1.807, 2.05) is 67.4 Å². The Hall–Kier alpha value is -3.41. The molecule has 2 aliphatic heterocycles. The minimum absolute atomic E-state index is 0.0432. The van der Waals surface area contributed by atoms with Gasteiger partial charge in [0.05, 0.1) is 19.8 Å². The van der Waals surface area contributed by atoms with E-state index in [1.54, 1.807) is 7.11 Å². The van der Waals surface area contributed by atoms with Crippen LogP contribution in [0, 0.1) is 6.92 Å². The van der Waals surface area contributed by atoms with E-state index in [9.17, 15) is 0 Å². The molecule has 154 valence electrons. The van der Waals surface area contributed by atoms with Crippen molar-refractivity contribution in [1.29, 1.82) is 0 Å². The molecule has 0 fully saturated rings. The quantitative estimate of drug-likeness (QED) is 0.582. The number of rotatable bonds is 5. The Balaban J connectivity index is 1.59. The van der Waals surface area contributed by atoms with Gasteiger partial charge in [-0.15, -0.1) is 0 Å². The van der Waals surface area contributed by atoms with Gasteiger partial charge in [-0.3, -0.25) is 0 Å². The third kappa shape index (κ3) is 3.09. The van der Waals surface area contributed by atoms with Crippen molar-refractivity contribution in [2.24, 2.45) is 5.10 Å². The van der Waals surface area contributed by atoms with Crippen LogP contribution in [0.15, 0.2) is 64.1 Å². The maximum Gasteiger partial charge on any atom is 0.214 e. The Morgan fingerprint density at radius 3 is 2.63 bits per heavy atom. The molecule has 1 aromatic heterocycles. The Bertz CT molecular complexity index is 1090. The monoisotopic (exact) mass is 404 g/mol. The summed E-state index contributed by atoms with van der Waals surface area (Å²) in [4.78, 5) is 0. The minimum Gasteiger partial charge on any atom is -0.497 e. The summed E-state index contributed by atoms with van der Waals surface area (Å²) >= 11 is 0. The van der Waals surface area contributed by atoms with Crippen LogP contribution < -0.4 is 14.2 Å². The lowest BCUT2D eigenvalue weighted by molar-refractivity contribution is -0.0212. The zero-order chi connectivity index (χ0) is 20.7. The van der Waals surface area contributed by atoms with Crippen LogP contribution in [-0.4, -0.2) is 24.4 Å². The van der Waals surface area contributed by atoms with E-state index >= 15 is 0 Å². The molecule has 0 aliphatic carbocycles. The smallest absolute Gasteiger partial charge is 0.214 e. The third-order valence-electron chi connectivity index (χ3n) is 5.51. The fourth-order valence-corrected chi connectivity index (χ4v) is 4.08. The molecule has 30 heavy (non-hydrogen) atoms. The summed E-state index contributed by atoms with van der Waals surface area (Å²) in [5.74, 6) is 4.03. The molecular formula is C24H24N2O4. The van der Waals surface area contributed by atoms with Gasteiger partial charge < -0.3 is 18.6 Å². The van der Waals surface area contributed by atoms with Crippen molar-refractivity contribution >= 4 is 5.71 Å². The van der Waals surface area contributed by atoms with E-state index < -0.39 is 0 Å². The first-order chi connectivity index (χ1) is 14.7. The van der Waals surface area contributed by atoms with E-state index in [0.29, 0.717) is 6.61 Å². The van der Waals surface area contributed by atoms with E-state index in [0.717, 1.165) is 52.0 Å². The molecule has 0 bridgehead atoms. The third-order valence-corrected chi connectivity index (χ3v) is 5.51. The number of benzene rings is 2. The molecule has 2 aliphatic rings. The molecule has 0 saturated heterocycles. The second kappa shape index (κ2) is 7.44. The van der Waals surface area contributed by atoms with Crippen molar-refractivity contribution in [3.05, 3.63) is 77.2 Å². The lowest BCUT2D eigenvalue weighted by Gasteiger charge is -2.38. The second-order valence-corrected chi connectivity index (χ2v) is 7.41. The van der Waals surface area contributed by atoms with E-state index in [-0.39, 0.29) is 12.3 Å². The first-order valence-electron chi connectivity index (χ1n) is 10.2. The van der Waals surface area contributed by atoms with Crippen molar-refractivity contribution in [3.8, 4) is 17.2 Å². The highest BCUT2D eigenvalue weighted by molar-refractivity contribution is 5.99. The standard InChI is InChI=1S/C24H24N2O4/c1-4-28-22-7-5-6-18-20-14-19(21-13-8-15(2)29-21)25-26(20)24(30-23(18)22)16-9-11-17(27-3)12-10-16/h5-13,20,24H,4,14H2,1-3H3/t20-,24+/m0/s1. The number of aryl methyl sites for hydroxylation is 1. The van der Waals surface area contributed by atoms with E-state index in [2.05, 4.69) is 6.07 Å². The molecule has 0 N–H and O–H groups in total. The molecule has 3 aromatic rings. The predicted octanol–water partition coefficient (Wildman–Crippen LogP) is 5.24. The molecule has 3 heterocycles. The zero-order valence-corrected chi connectivity index (χ0v) is 17.3. The molecule has 6 heteroatoms.